The summed E-state index contributed by atoms with van der Waals surface area (Å²) in [5.41, 5.74) is 1.06. The average Bonchev–Trinajstić information content (AvgIpc) is 3.23. The molecule has 0 bridgehead atoms. The van der Waals surface area contributed by atoms with E-state index in [0.717, 1.165) is 82.3 Å². The molecule has 7 heteroatoms. The highest BCUT2D eigenvalue weighted by Gasteiger charge is 2.31. The van der Waals surface area contributed by atoms with Crippen LogP contribution in [0.1, 0.15) is 56.9 Å². The van der Waals surface area contributed by atoms with Gasteiger partial charge in [-0.25, -0.2) is 4.98 Å². The maximum atomic E-state index is 12.9. The smallest absolute Gasteiger partial charge is 0.246 e. The van der Waals surface area contributed by atoms with Crippen LogP contribution >= 0.6 is 0 Å². The molecule has 3 fully saturated rings. The molecule has 2 atom stereocenters. The summed E-state index contributed by atoms with van der Waals surface area (Å²) in [4.78, 5) is 29.3. The molecule has 3 saturated heterocycles. The first-order valence-corrected chi connectivity index (χ1v) is 13.9. The molecule has 0 saturated carbocycles. The second kappa shape index (κ2) is 12.3. The van der Waals surface area contributed by atoms with E-state index < -0.39 is 0 Å². The van der Waals surface area contributed by atoms with Gasteiger partial charge in [0.1, 0.15) is 5.82 Å². The minimum Gasteiger partial charge on any atom is -0.356 e. The Hall–Kier alpha value is -2.93. The lowest BCUT2D eigenvalue weighted by atomic mass is 9.98. The number of piperidine rings is 2. The maximum Gasteiger partial charge on any atom is 0.246 e. The van der Waals surface area contributed by atoms with Crippen LogP contribution in [0.25, 0.3) is 6.08 Å². The van der Waals surface area contributed by atoms with Crippen molar-refractivity contribution < 1.29 is 4.79 Å². The van der Waals surface area contributed by atoms with Crippen LogP contribution in [-0.4, -0.2) is 77.0 Å². The van der Waals surface area contributed by atoms with Gasteiger partial charge >= 0.3 is 0 Å². The third-order valence-electron chi connectivity index (χ3n) is 7.80. The number of likely N-dealkylation sites (tertiary alicyclic amines) is 2. The Bertz CT molecular complexity index is 1000. The molecule has 3 aliphatic heterocycles. The Balaban J connectivity index is 1.16. The van der Waals surface area contributed by atoms with E-state index >= 15 is 0 Å². The van der Waals surface area contributed by atoms with Gasteiger partial charge in [-0.05, 0) is 62.8 Å². The molecule has 192 valence electrons. The number of carbonyl (C=O) groups is 1. The molecule has 3 aliphatic rings. The van der Waals surface area contributed by atoms with Crippen molar-refractivity contribution in [2.75, 3.05) is 49.5 Å². The fraction of sp³-hybridized carbons (Fsp3) is 0.552. The third-order valence-corrected chi connectivity index (χ3v) is 7.80. The van der Waals surface area contributed by atoms with E-state index in [4.69, 9.17) is 4.98 Å². The van der Waals surface area contributed by atoms with Gasteiger partial charge in [0.2, 0.25) is 11.9 Å². The molecule has 7 nitrogen and oxygen atoms in total. The molecule has 0 aliphatic carbocycles. The van der Waals surface area contributed by atoms with Gasteiger partial charge in [0.05, 0.1) is 0 Å². The molecule has 1 N–H and O–H groups in total. The molecule has 0 spiro atoms. The lowest BCUT2D eigenvalue weighted by molar-refractivity contribution is -0.128. The number of nitrogens with one attached hydrogen (secondary N) is 1. The monoisotopic (exact) mass is 488 g/mol. The zero-order valence-corrected chi connectivity index (χ0v) is 21.4. The Morgan fingerprint density at radius 3 is 2.53 bits per heavy atom. The molecule has 1 aromatic carbocycles. The van der Waals surface area contributed by atoms with Gasteiger partial charge < -0.3 is 15.1 Å². The van der Waals surface area contributed by atoms with Crippen molar-refractivity contribution in [3.63, 3.8) is 0 Å². The first kappa shape index (κ1) is 24.8. The highest BCUT2D eigenvalue weighted by molar-refractivity contribution is 5.91. The van der Waals surface area contributed by atoms with Crippen molar-refractivity contribution in [3.8, 4) is 0 Å². The van der Waals surface area contributed by atoms with Crippen molar-refractivity contribution in [2.45, 2.75) is 63.5 Å². The second-order valence-electron chi connectivity index (χ2n) is 10.4. The van der Waals surface area contributed by atoms with Gasteiger partial charge in [-0.3, -0.25) is 9.69 Å². The summed E-state index contributed by atoms with van der Waals surface area (Å²) >= 11 is 0. The van der Waals surface area contributed by atoms with E-state index in [9.17, 15) is 4.79 Å². The quantitative estimate of drug-likeness (QED) is 0.607. The van der Waals surface area contributed by atoms with Crippen molar-refractivity contribution in [1.82, 2.24) is 19.8 Å². The van der Waals surface area contributed by atoms with Crippen LogP contribution in [0.2, 0.25) is 0 Å². The molecule has 1 aromatic heterocycles. The summed E-state index contributed by atoms with van der Waals surface area (Å²) in [5.74, 6) is 1.91. The predicted molar refractivity (Wildman–Crippen MR) is 146 cm³/mol. The van der Waals surface area contributed by atoms with E-state index in [2.05, 4.69) is 20.1 Å². The molecule has 4 heterocycles. The number of rotatable bonds is 6. The molecular formula is C29H40N6O. The van der Waals surface area contributed by atoms with Gasteiger partial charge in [-0.15, -0.1) is 0 Å². The highest BCUT2D eigenvalue weighted by Crippen LogP contribution is 2.23. The lowest BCUT2D eigenvalue weighted by Gasteiger charge is -2.43. The number of amides is 1. The Labute approximate surface area is 215 Å². The molecular weight excluding hydrogens is 448 g/mol. The Morgan fingerprint density at radius 1 is 0.889 bits per heavy atom. The second-order valence-corrected chi connectivity index (χ2v) is 10.4. The normalized spacial score (nSPS) is 24.0. The number of anilines is 2. The molecule has 5 rings (SSSR count). The molecule has 2 unspecified atom stereocenters. The summed E-state index contributed by atoms with van der Waals surface area (Å²) < 4.78 is 0. The zero-order valence-electron chi connectivity index (χ0n) is 21.4. The van der Waals surface area contributed by atoms with E-state index in [1.54, 1.807) is 6.08 Å². The molecule has 2 aromatic rings. The van der Waals surface area contributed by atoms with E-state index in [1.807, 2.05) is 53.6 Å². The molecule has 36 heavy (non-hydrogen) atoms. The summed E-state index contributed by atoms with van der Waals surface area (Å²) in [6.45, 7) is 5.91. The van der Waals surface area contributed by atoms with Crippen molar-refractivity contribution >= 4 is 23.7 Å². The number of nitrogens with zero attached hydrogens (tertiary/aromatic N) is 5. The topological polar surface area (TPSA) is 64.6 Å². The van der Waals surface area contributed by atoms with Gasteiger partial charge in [0.15, 0.2) is 0 Å². The predicted octanol–water partition coefficient (Wildman–Crippen LogP) is 4.44. The lowest BCUT2D eigenvalue weighted by Crippen LogP contribution is -2.54. The number of hydrogen-bond acceptors (Lipinski definition) is 6. The van der Waals surface area contributed by atoms with Crippen molar-refractivity contribution in [3.05, 3.63) is 54.2 Å². The van der Waals surface area contributed by atoms with Gasteiger partial charge in [0, 0.05) is 57.1 Å². The van der Waals surface area contributed by atoms with Crippen LogP contribution in [0.5, 0.6) is 0 Å². The zero-order chi connectivity index (χ0) is 24.6. The third kappa shape index (κ3) is 6.64. The van der Waals surface area contributed by atoms with E-state index in [-0.39, 0.29) is 5.91 Å². The van der Waals surface area contributed by atoms with Crippen molar-refractivity contribution in [1.29, 1.82) is 0 Å². The maximum absolute atomic E-state index is 12.9. The first-order chi connectivity index (χ1) is 17.7. The summed E-state index contributed by atoms with van der Waals surface area (Å²) in [7, 11) is 0. The number of hydrogen-bond donors (Lipinski definition) is 1. The van der Waals surface area contributed by atoms with Gasteiger partial charge in [-0.1, -0.05) is 43.2 Å². The minimum atomic E-state index is 0.119. The first-order valence-electron chi connectivity index (χ1n) is 13.9. The van der Waals surface area contributed by atoms with Crippen molar-refractivity contribution in [2.24, 2.45) is 0 Å². The minimum absolute atomic E-state index is 0.119. The standard InChI is InChI=1S/C29H40N6O/c36-28(15-14-24-10-4-3-5-11-24)35-21-9-13-26(23-35)34-20-8-12-25(22-34)31-29-30-17-16-27(32-29)33-18-6-1-2-7-19-33/h3-5,10-11,14-17,25-26H,1-2,6-9,12-13,18-23H2,(H,30,31,32). The molecule has 1 amide bonds. The number of aromatic nitrogens is 2. The largest absolute Gasteiger partial charge is 0.356 e. The fourth-order valence-electron chi connectivity index (χ4n) is 5.82. The van der Waals surface area contributed by atoms with E-state index in [0.29, 0.717) is 12.1 Å². The van der Waals surface area contributed by atoms with Gasteiger partial charge in [-0.2, -0.15) is 4.98 Å². The SMILES string of the molecule is O=C(C=Cc1ccccc1)N1CCCC(N2CCCC(Nc3nccc(N4CCCCCC4)n3)C2)C1. The van der Waals surface area contributed by atoms with E-state index in [1.165, 1.54) is 25.7 Å². The number of carbonyl (C=O) groups excluding carboxylic acids is 1. The van der Waals surface area contributed by atoms with Gasteiger partial charge in [0.25, 0.3) is 0 Å². The van der Waals surface area contributed by atoms with Crippen LogP contribution in [0.4, 0.5) is 11.8 Å². The Kier molecular flexibility index (Phi) is 8.49. The summed E-state index contributed by atoms with van der Waals surface area (Å²) in [6.07, 6.45) is 15.2. The summed E-state index contributed by atoms with van der Waals surface area (Å²) in [6, 6.07) is 12.8. The van der Waals surface area contributed by atoms with Crippen LogP contribution in [0.15, 0.2) is 48.7 Å². The van der Waals surface area contributed by atoms with Crippen LogP contribution in [0.3, 0.4) is 0 Å². The highest BCUT2D eigenvalue weighted by atomic mass is 16.2. The average molecular weight is 489 g/mol. The molecule has 0 radical (unpaired) electrons. The van der Waals surface area contributed by atoms with Crippen LogP contribution in [0, 0.1) is 0 Å². The van der Waals surface area contributed by atoms with Crippen LogP contribution < -0.4 is 10.2 Å². The Morgan fingerprint density at radius 2 is 1.69 bits per heavy atom. The fourth-order valence-corrected chi connectivity index (χ4v) is 5.82. The number of benzene rings is 1. The summed E-state index contributed by atoms with van der Waals surface area (Å²) in [5, 5.41) is 3.64. The van der Waals surface area contributed by atoms with Crippen LogP contribution in [-0.2, 0) is 4.79 Å².